The van der Waals surface area contributed by atoms with E-state index in [1.54, 1.807) is 18.2 Å². The first-order valence-corrected chi connectivity index (χ1v) is 7.40. The van der Waals surface area contributed by atoms with E-state index in [0.29, 0.717) is 27.8 Å². The molecular weight excluding hydrogens is 297 g/mol. The summed E-state index contributed by atoms with van der Waals surface area (Å²) in [5, 5.41) is 8.49. The lowest BCUT2D eigenvalue weighted by atomic mass is 10.0. The first-order chi connectivity index (χ1) is 9.67. The van der Waals surface area contributed by atoms with E-state index >= 15 is 0 Å². The normalized spacial score (nSPS) is 22.4. The number of likely N-dealkylation sites (N-methyl/N-ethyl adjacent to an activating group) is 1. The predicted octanol–water partition coefficient (Wildman–Crippen LogP) is 3.90. The third kappa shape index (κ3) is 2.68. The van der Waals surface area contributed by atoms with Crippen LogP contribution in [0.4, 0.5) is 0 Å². The zero-order valence-electron chi connectivity index (χ0n) is 11.1. The Hall–Kier alpha value is -1.10. The number of halogens is 2. The molecule has 2 aromatic rings. The number of nitrogens with zero attached hydrogens (tertiary/aromatic N) is 2. The highest BCUT2D eigenvalue weighted by Gasteiger charge is 2.31. The van der Waals surface area contributed by atoms with Gasteiger partial charge in [-0.15, -0.1) is 0 Å². The van der Waals surface area contributed by atoms with E-state index in [1.807, 2.05) is 7.05 Å². The van der Waals surface area contributed by atoms with Crippen LogP contribution in [-0.2, 0) is 0 Å². The van der Waals surface area contributed by atoms with Gasteiger partial charge in [-0.05, 0) is 38.1 Å². The molecule has 0 saturated heterocycles. The van der Waals surface area contributed by atoms with Crippen molar-refractivity contribution >= 4 is 23.2 Å². The summed E-state index contributed by atoms with van der Waals surface area (Å²) in [6.07, 6.45) is 3.39. The van der Waals surface area contributed by atoms with E-state index in [-0.39, 0.29) is 5.92 Å². The molecule has 0 bridgehead atoms. The Kier molecular flexibility index (Phi) is 3.96. The van der Waals surface area contributed by atoms with Crippen molar-refractivity contribution in [2.24, 2.45) is 0 Å². The fourth-order valence-electron chi connectivity index (χ4n) is 2.79. The minimum atomic E-state index is 0.288. The van der Waals surface area contributed by atoms with Gasteiger partial charge in [-0.3, -0.25) is 0 Å². The SMILES string of the molecule is CNC1CCCC1c1nc(-c2cc(Cl)cc(Cl)c2)no1. The molecule has 0 spiro atoms. The molecule has 0 amide bonds. The number of hydrogen-bond donors (Lipinski definition) is 1. The van der Waals surface area contributed by atoms with Gasteiger partial charge in [0.1, 0.15) is 0 Å². The predicted molar refractivity (Wildman–Crippen MR) is 79.2 cm³/mol. The van der Waals surface area contributed by atoms with E-state index in [9.17, 15) is 0 Å². The number of hydrogen-bond acceptors (Lipinski definition) is 4. The van der Waals surface area contributed by atoms with Crippen molar-refractivity contribution in [3.63, 3.8) is 0 Å². The van der Waals surface area contributed by atoms with Crippen LogP contribution in [0.15, 0.2) is 22.7 Å². The van der Waals surface area contributed by atoms with Crippen LogP contribution in [0.25, 0.3) is 11.4 Å². The van der Waals surface area contributed by atoms with Crippen molar-refractivity contribution in [2.75, 3.05) is 7.05 Å². The summed E-state index contributed by atoms with van der Waals surface area (Å²) in [6.45, 7) is 0. The average molecular weight is 312 g/mol. The second-order valence-corrected chi connectivity index (χ2v) is 5.92. The molecule has 0 aliphatic heterocycles. The first kappa shape index (κ1) is 13.9. The molecule has 6 heteroatoms. The van der Waals surface area contributed by atoms with Crippen molar-refractivity contribution in [1.82, 2.24) is 15.5 Å². The van der Waals surface area contributed by atoms with Gasteiger partial charge in [-0.2, -0.15) is 4.98 Å². The Morgan fingerprint density at radius 3 is 2.65 bits per heavy atom. The second kappa shape index (κ2) is 5.72. The highest BCUT2D eigenvalue weighted by molar-refractivity contribution is 6.35. The smallest absolute Gasteiger partial charge is 0.231 e. The molecular formula is C14H15Cl2N3O. The summed E-state index contributed by atoms with van der Waals surface area (Å²) in [6, 6.07) is 5.66. The summed E-state index contributed by atoms with van der Waals surface area (Å²) < 4.78 is 5.43. The lowest BCUT2D eigenvalue weighted by molar-refractivity contribution is 0.335. The molecule has 20 heavy (non-hydrogen) atoms. The maximum absolute atomic E-state index is 6.00. The lowest BCUT2D eigenvalue weighted by Gasteiger charge is -2.14. The van der Waals surface area contributed by atoms with E-state index in [0.717, 1.165) is 18.4 Å². The number of rotatable bonds is 3. The number of nitrogens with one attached hydrogen (secondary N) is 1. The number of aromatic nitrogens is 2. The largest absolute Gasteiger partial charge is 0.339 e. The van der Waals surface area contributed by atoms with Gasteiger partial charge in [-0.25, -0.2) is 0 Å². The van der Waals surface area contributed by atoms with Crippen LogP contribution in [0, 0.1) is 0 Å². The molecule has 2 unspecified atom stereocenters. The zero-order valence-corrected chi connectivity index (χ0v) is 12.6. The molecule has 1 aromatic heterocycles. The van der Waals surface area contributed by atoms with Gasteiger partial charge >= 0.3 is 0 Å². The van der Waals surface area contributed by atoms with Crippen LogP contribution in [0.2, 0.25) is 10.0 Å². The molecule has 1 aromatic carbocycles. The molecule has 1 saturated carbocycles. The van der Waals surface area contributed by atoms with Crippen molar-refractivity contribution < 1.29 is 4.52 Å². The Morgan fingerprint density at radius 1 is 1.20 bits per heavy atom. The monoisotopic (exact) mass is 311 g/mol. The molecule has 3 rings (SSSR count). The topological polar surface area (TPSA) is 51.0 Å². The summed E-state index contributed by atoms with van der Waals surface area (Å²) in [4.78, 5) is 4.51. The van der Waals surface area contributed by atoms with Crippen molar-refractivity contribution in [3.05, 3.63) is 34.1 Å². The molecule has 4 nitrogen and oxygen atoms in total. The van der Waals surface area contributed by atoms with Crippen LogP contribution in [0.3, 0.4) is 0 Å². The van der Waals surface area contributed by atoms with Crippen molar-refractivity contribution in [3.8, 4) is 11.4 Å². The Morgan fingerprint density at radius 2 is 1.95 bits per heavy atom. The van der Waals surface area contributed by atoms with Crippen LogP contribution in [0.5, 0.6) is 0 Å². The Bertz CT molecular complexity index is 594. The van der Waals surface area contributed by atoms with E-state index in [2.05, 4.69) is 15.5 Å². The summed E-state index contributed by atoms with van der Waals surface area (Å²) >= 11 is 12.0. The highest BCUT2D eigenvalue weighted by Crippen LogP contribution is 2.34. The summed E-state index contributed by atoms with van der Waals surface area (Å²) in [5.74, 6) is 1.51. The van der Waals surface area contributed by atoms with Crippen molar-refractivity contribution in [2.45, 2.75) is 31.2 Å². The van der Waals surface area contributed by atoms with Crippen LogP contribution in [-0.4, -0.2) is 23.2 Å². The molecule has 106 valence electrons. The van der Waals surface area contributed by atoms with Gasteiger partial charge in [0.05, 0.1) is 5.92 Å². The average Bonchev–Trinajstić information content (AvgIpc) is 3.06. The molecule has 1 aliphatic carbocycles. The minimum Gasteiger partial charge on any atom is -0.339 e. The van der Waals surface area contributed by atoms with Gasteiger partial charge in [-0.1, -0.05) is 34.8 Å². The van der Waals surface area contributed by atoms with Gasteiger partial charge in [0.2, 0.25) is 11.7 Å². The Labute approximate surface area is 127 Å². The molecule has 1 heterocycles. The van der Waals surface area contributed by atoms with E-state index in [4.69, 9.17) is 27.7 Å². The van der Waals surface area contributed by atoms with Crippen LogP contribution >= 0.6 is 23.2 Å². The van der Waals surface area contributed by atoms with Crippen LogP contribution < -0.4 is 5.32 Å². The van der Waals surface area contributed by atoms with Gasteiger partial charge < -0.3 is 9.84 Å². The zero-order chi connectivity index (χ0) is 14.1. The number of benzene rings is 1. The lowest BCUT2D eigenvalue weighted by Crippen LogP contribution is -2.27. The quantitative estimate of drug-likeness (QED) is 0.934. The molecule has 1 aliphatic rings. The molecule has 0 radical (unpaired) electrons. The second-order valence-electron chi connectivity index (χ2n) is 5.05. The molecule has 2 atom stereocenters. The van der Waals surface area contributed by atoms with E-state index < -0.39 is 0 Å². The van der Waals surface area contributed by atoms with Gasteiger partial charge in [0, 0.05) is 21.7 Å². The third-order valence-electron chi connectivity index (χ3n) is 3.77. The minimum absolute atomic E-state index is 0.288. The highest BCUT2D eigenvalue weighted by atomic mass is 35.5. The van der Waals surface area contributed by atoms with E-state index in [1.165, 1.54) is 6.42 Å². The standard InChI is InChI=1S/C14H15Cl2N3O/c1-17-12-4-2-3-11(12)14-18-13(19-20-14)8-5-9(15)7-10(16)6-8/h5-7,11-12,17H,2-4H2,1H3. The van der Waals surface area contributed by atoms with Crippen molar-refractivity contribution in [1.29, 1.82) is 0 Å². The third-order valence-corrected chi connectivity index (χ3v) is 4.20. The fraction of sp³-hybridized carbons (Fsp3) is 0.429. The molecule has 1 N–H and O–H groups in total. The molecule has 1 fully saturated rings. The van der Waals surface area contributed by atoms with Gasteiger partial charge in [0.15, 0.2) is 0 Å². The van der Waals surface area contributed by atoms with Gasteiger partial charge in [0.25, 0.3) is 0 Å². The first-order valence-electron chi connectivity index (χ1n) is 6.64. The maximum Gasteiger partial charge on any atom is 0.231 e. The summed E-state index contributed by atoms with van der Waals surface area (Å²) in [5.41, 5.74) is 0.775. The fourth-order valence-corrected chi connectivity index (χ4v) is 3.31. The maximum atomic E-state index is 6.00. The van der Waals surface area contributed by atoms with Crippen LogP contribution in [0.1, 0.15) is 31.1 Å². The summed E-state index contributed by atoms with van der Waals surface area (Å²) in [7, 11) is 1.97. The Balaban J connectivity index is 1.90.